The molecule has 7 nitrogen and oxygen atoms in total. The fourth-order valence-electron chi connectivity index (χ4n) is 3.69. The Morgan fingerprint density at radius 1 is 1.19 bits per heavy atom. The molecular weight excluding hydrogens is 355 g/mol. The molecule has 0 saturated carbocycles. The number of hydrogen-bond acceptors (Lipinski definition) is 4. The van der Waals surface area contributed by atoms with Gasteiger partial charge in [0.05, 0.1) is 31.6 Å². The van der Waals surface area contributed by atoms with Crippen molar-refractivity contribution >= 4 is 17.8 Å². The van der Waals surface area contributed by atoms with Crippen LogP contribution in [0, 0.1) is 11.7 Å². The number of halogens is 1. The molecular formula is C19H23FN2O5. The number of carbonyl (C=O) groups is 3. The van der Waals surface area contributed by atoms with E-state index in [9.17, 15) is 18.8 Å². The number of morpholine rings is 1. The molecule has 0 bridgehead atoms. The Balaban J connectivity index is 1.67. The zero-order valence-electron chi connectivity index (χ0n) is 15.0. The second kappa shape index (κ2) is 8.47. The largest absolute Gasteiger partial charge is 0.481 e. The third kappa shape index (κ3) is 4.63. The number of benzene rings is 1. The molecule has 0 radical (unpaired) electrons. The summed E-state index contributed by atoms with van der Waals surface area (Å²) in [5.41, 5.74) is 0.389. The molecule has 0 spiro atoms. The Bertz CT molecular complexity index is 709. The summed E-state index contributed by atoms with van der Waals surface area (Å²) in [6, 6.07) is 4.88. The quantitative estimate of drug-likeness (QED) is 0.855. The standard InChI is InChI=1S/C19H23FN2O5/c20-15-5-3-13(4-6-15)18(25)21-7-1-2-14(11-21)19(26)22-8-9-27-12-16(22)10-17(23)24/h3-6,14,16H,1-2,7-12H2,(H,23,24). The second-order valence-electron chi connectivity index (χ2n) is 6.96. The van der Waals surface area contributed by atoms with Gasteiger partial charge in [0.15, 0.2) is 0 Å². The highest BCUT2D eigenvalue weighted by molar-refractivity contribution is 5.94. The number of hydrogen-bond donors (Lipinski definition) is 1. The topological polar surface area (TPSA) is 87.2 Å². The number of carboxylic acids is 1. The van der Waals surface area contributed by atoms with Gasteiger partial charge < -0.3 is 19.6 Å². The van der Waals surface area contributed by atoms with Gasteiger partial charge >= 0.3 is 5.97 Å². The maximum absolute atomic E-state index is 13.1. The summed E-state index contributed by atoms with van der Waals surface area (Å²) in [5.74, 6) is -2.09. The van der Waals surface area contributed by atoms with Gasteiger partial charge in [0.1, 0.15) is 5.82 Å². The molecule has 2 atom stereocenters. The van der Waals surface area contributed by atoms with Crippen molar-refractivity contribution in [1.29, 1.82) is 0 Å². The summed E-state index contributed by atoms with van der Waals surface area (Å²) in [7, 11) is 0. The lowest BCUT2D eigenvalue weighted by Crippen LogP contribution is -2.54. The van der Waals surface area contributed by atoms with E-state index >= 15 is 0 Å². The summed E-state index contributed by atoms with van der Waals surface area (Å²) >= 11 is 0. The lowest BCUT2D eigenvalue weighted by molar-refractivity contribution is -0.150. The second-order valence-corrected chi connectivity index (χ2v) is 6.96. The molecule has 0 aromatic heterocycles. The first-order chi connectivity index (χ1) is 13.0. The molecule has 0 aliphatic carbocycles. The molecule has 2 amide bonds. The smallest absolute Gasteiger partial charge is 0.305 e. The first-order valence-corrected chi connectivity index (χ1v) is 9.10. The zero-order valence-corrected chi connectivity index (χ0v) is 15.0. The summed E-state index contributed by atoms with van der Waals surface area (Å²) in [6.07, 6.45) is 1.19. The number of carbonyl (C=O) groups excluding carboxylic acids is 2. The van der Waals surface area contributed by atoms with Crippen LogP contribution in [0.25, 0.3) is 0 Å². The number of aliphatic carboxylic acids is 1. The van der Waals surface area contributed by atoms with Gasteiger partial charge in [-0.2, -0.15) is 0 Å². The van der Waals surface area contributed by atoms with Crippen LogP contribution in [0.1, 0.15) is 29.6 Å². The lowest BCUT2D eigenvalue weighted by Gasteiger charge is -2.39. The van der Waals surface area contributed by atoms with E-state index in [1.165, 1.54) is 24.3 Å². The van der Waals surface area contributed by atoms with Crippen molar-refractivity contribution in [1.82, 2.24) is 9.80 Å². The maximum atomic E-state index is 13.1. The SMILES string of the molecule is O=C(O)CC1COCCN1C(=O)C1CCCN(C(=O)c2ccc(F)cc2)C1. The van der Waals surface area contributed by atoms with Crippen LogP contribution in [-0.4, -0.2) is 71.6 Å². The summed E-state index contributed by atoms with van der Waals surface area (Å²) in [5, 5.41) is 9.06. The van der Waals surface area contributed by atoms with Crippen LogP contribution in [0.2, 0.25) is 0 Å². The molecule has 27 heavy (non-hydrogen) atoms. The molecule has 1 aromatic carbocycles. The minimum atomic E-state index is -0.972. The van der Waals surface area contributed by atoms with Crippen molar-refractivity contribution in [2.24, 2.45) is 5.92 Å². The number of ether oxygens (including phenoxy) is 1. The fourth-order valence-corrected chi connectivity index (χ4v) is 3.69. The van der Waals surface area contributed by atoms with Gasteiger partial charge in [-0.05, 0) is 37.1 Å². The van der Waals surface area contributed by atoms with Crippen LogP contribution in [0.5, 0.6) is 0 Å². The molecule has 8 heteroatoms. The number of carboxylic acid groups (broad SMARTS) is 1. The number of rotatable bonds is 4. The minimum Gasteiger partial charge on any atom is -0.481 e. The Kier molecular flexibility index (Phi) is 6.05. The number of amides is 2. The Labute approximate surface area is 156 Å². The van der Waals surface area contributed by atoms with Crippen molar-refractivity contribution in [3.8, 4) is 0 Å². The van der Waals surface area contributed by atoms with E-state index in [2.05, 4.69) is 0 Å². The molecule has 2 aliphatic heterocycles. The van der Waals surface area contributed by atoms with Gasteiger partial charge in [0, 0.05) is 25.2 Å². The molecule has 3 rings (SSSR count). The predicted octanol–water partition coefficient (Wildman–Crippen LogP) is 1.38. The van der Waals surface area contributed by atoms with Crippen LogP contribution >= 0.6 is 0 Å². The zero-order chi connectivity index (χ0) is 19.4. The van der Waals surface area contributed by atoms with Crippen LogP contribution in [-0.2, 0) is 14.3 Å². The highest BCUT2D eigenvalue weighted by Gasteiger charge is 2.36. The van der Waals surface area contributed by atoms with Crippen molar-refractivity contribution in [3.63, 3.8) is 0 Å². The van der Waals surface area contributed by atoms with E-state index in [1.54, 1.807) is 9.80 Å². The highest BCUT2D eigenvalue weighted by atomic mass is 19.1. The Hall–Kier alpha value is -2.48. The molecule has 2 heterocycles. The van der Waals surface area contributed by atoms with E-state index in [0.29, 0.717) is 38.1 Å². The van der Waals surface area contributed by atoms with Gasteiger partial charge in [-0.15, -0.1) is 0 Å². The Morgan fingerprint density at radius 3 is 2.63 bits per heavy atom. The maximum Gasteiger partial charge on any atom is 0.305 e. The van der Waals surface area contributed by atoms with Gasteiger partial charge in [-0.25, -0.2) is 4.39 Å². The summed E-state index contributed by atoms with van der Waals surface area (Å²) in [4.78, 5) is 39.9. The van der Waals surface area contributed by atoms with Crippen molar-refractivity contribution in [3.05, 3.63) is 35.6 Å². The van der Waals surface area contributed by atoms with E-state index in [-0.39, 0.29) is 37.3 Å². The summed E-state index contributed by atoms with van der Waals surface area (Å²) < 4.78 is 18.4. The first-order valence-electron chi connectivity index (χ1n) is 9.10. The molecule has 2 saturated heterocycles. The van der Waals surface area contributed by atoms with Gasteiger partial charge in [-0.1, -0.05) is 0 Å². The van der Waals surface area contributed by atoms with Gasteiger partial charge in [-0.3, -0.25) is 14.4 Å². The van der Waals surface area contributed by atoms with E-state index < -0.39 is 17.8 Å². The fraction of sp³-hybridized carbons (Fsp3) is 0.526. The minimum absolute atomic E-state index is 0.124. The third-order valence-corrected chi connectivity index (χ3v) is 5.07. The lowest BCUT2D eigenvalue weighted by atomic mass is 9.94. The molecule has 1 N–H and O–H groups in total. The van der Waals surface area contributed by atoms with Crippen LogP contribution in [0.3, 0.4) is 0 Å². The van der Waals surface area contributed by atoms with E-state index in [1.807, 2.05) is 0 Å². The normalized spacial score (nSPS) is 23.1. The predicted molar refractivity (Wildman–Crippen MR) is 93.6 cm³/mol. The van der Waals surface area contributed by atoms with Crippen molar-refractivity contribution in [2.75, 3.05) is 32.8 Å². The van der Waals surface area contributed by atoms with Crippen LogP contribution in [0.15, 0.2) is 24.3 Å². The summed E-state index contributed by atoms with van der Waals surface area (Å²) in [6.45, 7) is 1.78. The third-order valence-electron chi connectivity index (χ3n) is 5.07. The monoisotopic (exact) mass is 378 g/mol. The van der Waals surface area contributed by atoms with E-state index in [4.69, 9.17) is 9.84 Å². The first kappa shape index (κ1) is 19.3. The van der Waals surface area contributed by atoms with Crippen LogP contribution < -0.4 is 0 Å². The molecule has 146 valence electrons. The number of piperidine rings is 1. The number of nitrogens with zero attached hydrogens (tertiary/aromatic N) is 2. The molecule has 1 aromatic rings. The highest BCUT2D eigenvalue weighted by Crippen LogP contribution is 2.23. The number of likely N-dealkylation sites (tertiary alicyclic amines) is 1. The van der Waals surface area contributed by atoms with E-state index in [0.717, 1.165) is 0 Å². The average Bonchev–Trinajstić information content (AvgIpc) is 2.67. The van der Waals surface area contributed by atoms with Gasteiger partial charge in [0.2, 0.25) is 5.91 Å². The Morgan fingerprint density at radius 2 is 1.93 bits per heavy atom. The van der Waals surface area contributed by atoms with Gasteiger partial charge in [0.25, 0.3) is 5.91 Å². The molecule has 2 aliphatic rings. The molecule has 2 unspecified atom stereocenters. The van der Waals surface area contributed by atoms with Crippen molar-refractivity contribution < 1.29 is 28.6 Å². The van der Waals surface area contributed by atoms with Crippen LogP contribution in [0.4, 0.5) is 4.39 Å². The average molecular weight is 378 g/mol. The molecule has 2 fully saturated rings. The van der Waals surface area contributed by atoms with Crippen molar-refractivity contribution in [2.45, 2.75) is 25.3 Å².